The molecule has 38 heavy (non-hydrogen) atoms. The van der Waals surface area contributed by atoms with Gasteiger partial charge in [-0.3, -0.25) is 14.2 Å². The SMILES string of the molecule is COc1ccc([C@@H]2C(C(=O)Nc3ccccc3)=C(C)N=c3s/c(=C\c4ccccc4Cl)c(=O)n32)c(OC)c1. The lowest BCUT2D eigenvalue weighted by atomic mass is 9.94. The molecule has 0 aliphatic carbocycles. The number of benzene rings is 3. The van der Waals surface area contributed by atoms with Crippen molar-refractivity contribution in [3.63, 3.8) is 0 Å². The summed E-state index contributed by atoms with van der Waals surface area (Å²) in [7, 11) is 3.11. The number of thiazole rings is 1. The van der Waals surface area contributed by atoms with Crippen LogP contribution in [-0.4, -0.2) is 24.7 Å². The van der Waals surface area contributed by atoms with Gasteiger partial charge in [0, 0.05) is 22.3 Å². The topological polar surface area (TPSA) is 81.9 Å². The van der Waals surface area contributed by atoms with Gasteiger partial charge in [-0.1, -0.05) is 59.3 Å². The molecule has 1 N–H and O–H groups in total. The van der Waals surface area contributed by atoms with Gasteiger partial charge in [0.05, 0.1) is 30.0 Å². The van der Waals surface area contributed by atoms with Crippen molar-refractivity contribution in [3.05, 3.63) is 120 Å². The van der Waals surface area contributed by atoms with Gasteiger partial charge in [-0.25, -0.2) is 4.99 Å². The van der Waals surface area contributed by atoms with Crippen molar-refractivity contribution in [3.8, 4) is 11.5 Å². The largest absolute Gasteiger partial charge is 0.497 e. The monoisotopic (exact) mass is 545 g/mol. The van der Waals surface area contributed by atoms with Gasteiger partial charge in [0.1, 0.15) is 17.5 Å². The normalized spacial score (nSPS) is 15.1. The third-order valence-electron chi connectivity index (χ3n) is 6.23. The van der Waals surface area contributed by atoms with E-state index in [1.807, 2.05) is 42.5 Å². The van der Waals surface area contributed by atoms with Crippen LogP contribution in [0.4, 0.5) is 5.69 Å². The molecular weight excluding hydrogens is 522 g/mol. The van der Waals surface area contributed by atoms with Crippen molar-refractivity contribution in [1.82, 2.24) is 4.57 Å². The van der Waals surface area contributed by atoms with Crippen molar-refractivity contribution in [2.45, 2.75) is 13.0 Å². The summed E-state index contributed by atoms with van der Waals surface area (Å²) in [5.74, 6) is 0.711. The Hall–Kier alpha value is -4.14. The second-order valence-corrected chi connectivity index (χ2v) is 9.95. The molecule has 0 bridgehead atoms. The van der Waals surface area contributed by atoms with Crippen molar-refractivity contribution >= 4 is 40.6 Å². The number of aromatic nitrogens is 1. The van der Waals surface area contributed by atoms with Crippen molar-refractivity contribution in [2.75, 3.05) is 19.5 Å². The quantitative estimate of drug-likeness (QED) is 0.385. The zero-order valence-corrected chi connectivity index (χ0v) is 22.5. The summed E-state index contributed by atoms with van der Waals surface area (Å²) in [6.07, 6.45) is 1.75. The van der Waals surface area contributed by atoms with E-state index >= 15 is 0 Å². The number of carbonyl (C=O) groups is 1. The summed E-state index contributed by atoms with van der Waals surface area (Å²) >= 11 is 7.61. The highest BCUT2D eigenvalue weighted by Crippen LogP contribution is 2.37. The van der Waals surface area contributed by atoms with Gasteiger partial charge in [0.25, 0.3) is 11.5 Å². The molecule has 1 aliphatic rings. The van der Waals surface area contributed by atoms with E-state index in [0.717, 1.165) is 5.56 Å². The van der Waals surface area contributed by atoms with Crippen LogP contribution in [0.15, 0.2) is 93.9 Å². The Morgan fingerprint density at radius 2 is 1.79 bits per heavy atom. The third kappa shape index (κ3) is 4.76. The highest BCUT2D eigenvalue weighted by molar-refractivity contribution is 7.07. The molecule has 192 valence electrons. The number of allylic oxidation sites excluding steroid dienone is 1. The molecule has 2 heterocycles. The highest BCUT2D eigenvalue weighted by atomic mass is 35.5. The molecule has 1 aromatic heterocycles. The molecule has 0 saturated heterocycles. The van der Waals surface area contributed by atoms with Gasteiger partial charge < -0.3 is 14.8 Å². The molecular formula is C29H24ClN3O4S. The average molecular weight is 546 g/mol. The van der Waals surface area contributed by atoms with E-state index in [4.69, 9.17) is 21.1 Å². The second-order valence-electron chi connectivity index (χ2n) is 8.53. The number of amides is 1. The molecule has 1 aliphatic heterocycles. The number of halogens is 1. The number of methoxy groups -OCH3 is 2. The van der Waals surface area contributed by atoms with E-state index < -0.39 is 6.04 Å². The number of hydrogen-bond donors (Lipinski definition) is 1. The molecule has 0 radical (unpaired) electrons. The number of rotatable bonds is 6. The summed E-state index contributed by atoms with van der Waals surface area (Å²) in [5.41, 5.74) is 2.55. The molecule has 0 fully saturated rings. The lowest BCUT2D eigenvalue weighted by Gasteiger charge is -2.26. The number of fused-ring (bicyclic) bond motifs is 1. The van der Waals surface area contributed by atoms with Crippen molar-refractivity contribution in [2.24, 2.45) is 4.99 Å². The number of nitrogens with one attached hydrogen (secondary N) is 1. The first kappa shape index (κ1) is 25.5. The van der Waals surface area contributed by atoms with Gasteiger partial charge in [-0.15, -0.1) is 0 Å². The predicted octanol–water partition coefficient (Wildman–Crippen LogP) is 4.54. The molecule has 7 nitrogen and oxygen atoms in total. The molecule has 1 amide bonds. The highest BCUT2D eigenvalue weighted by Gasteiger charge is 2.34. The molecule has 5 rings (SSSR count). The maximum atomic E-state index is 13.9. The maximum absolute atomic E-state index is 13.9. The zero-order chi connectivity index (χ0) is 26.8. The molecule has 9 heteroatoms. The van der Waals surface area contributed by atoms with Gasteiger partial charge in [-0.05, 0) is 48.9 Å². The fourth-order valence-corrected chi connectivity index (χ4v) is 5.63. The predicted molar refractivity (Wildman–Crippen MR) is 150 cm³/mol. The summed E-state index contributed by atoms with van der Waals surface area (Å²) < 4.78 is 13.1. The van der Waals surface area contributed by atoms with E-state index in [2.05, 4.69) is 10.3 Å². The smallest absolute Gasteiger partial charge is 0.271 e. The minimum Gasteiger partial charge on any atom is -0.497 e. The van der Waals surface area contributed by atoms with Crippen LogP contribution in [0.5, 0.6) is 11.5 Å². The van der Waals surface area contributed by atoms with Crippen LogP contribution in [0, 0.1) is 0 Å². The number of para-hydroxylation sites is 1. The zero-order valence-electron chi connectivity index (χ0n) is 20.9. The van der Waals surface area contributed by atoms with Crippen molar-refractivity contribution in [1.29, 1.82) is 0 Å². The Labute approximate surface area is 228 Å². The fourth-order valence-electron chi connectivity index (χ4n) is 4.40. The van der Waals surface area contributed by atoms with Crippen LogP contribution in [0.2, 0.25) is 5.02 Å². The van der Waals surface area contributed by atoms with Crippen LogP contribution >= 0.6 is 22.9 Å². The fraction of sp³-hybridized carbons (Fsp3) is 0.138. The van der Waals surface area contributed by atoms with E-state index in [0.29, 0.717) is 48.4 Å². The lowest BCUT2D eigenvalue weighted by Crippen LogP contribution is -2.40. The molecule has 3 aromatic carbocycles. The summed E-state index contributed by atoms with van der Waals surface area (Å²) in [4.78, 5) is 32.8. The number of anilines is 1. The Balaban J connectivity index is 1.73. The minimum absolute atomic E-state index is 0.283. The van der Waals surface area contributed by atoms with E-state index in [-0.39, 0.29) is 11.5 Å². The van der Waals surface area contributed by atoms with E-state index in [9.17, 15) is 9.59 Å². The van der Waals surface area contributed by atoms with Gasteiger partial charge in [-0.2, -0.15) is 0 Å². The van der Waals surface area contributed by atoms with Crippen LogP contribution in [0.25, 0.3) is 6.08 Å². The first-order valence-corrected chi connectivity index (χ1v) is 13.0. The number of hydrogen-bond acceptors (Lipinski definition) is 6. The molecule has 1 atom stereocenters. The van der Waals surface area contributed by atoms with Crippen LogP contribution < -0.4 is 29.7 Å². The Morgan fingerprint density at radius 1 is 1.05 bits per heavy atom. The van der Waals surface area contributed by atoms with Crippen molar-refractivity contribution < 1.29 is 14.3 Å². The third-order valence-corrected chi connectivity index (χ3v) is 7.55. The molecule has 0 saturated carbocycles. The Kier molecular flexibility index (Phi) is 7.18. The van der Waals surface area contributed by atoms with Crippen LogP contribution in [0.3, 0.4) is 0 Å². The minimum atomic E-state index is -0.788. The number of ether oxygens (including phenoxy) is 2. The molecule has 0 spiro atoms. The maximum Gasteiger partial charge on any atom is 0.271 e. The van der Waals surface area contributed by atoms with Crippen LogP contribution in [-0.2, 0) is 4.79 Å². The molecule has 4 aromatic rings. The Morgan fingerprint density at radius 3 is 2.50 bits per heavy atom. The number of carbonyl (C=O) groups excluding carboxylic acids is 1. The summed E-state index contributed by atoms with van der Waals surface area (Å²) in [6, 6.07) is 21.0. The van der Waals surface area contributed by atoms with E-state index in [1.54, 1.807) is 62.1 Å². The average Bonchev–Trinajstić information content (AvgIpc) is 3.23. The second kappa shape index (κ2) is 10.7. The molecule has 0 unspecified atom stereocenters. The summed E-state index contributed by atoms with van der Waals surface area (Å²) in [6.45, 7) is 1.77. The van der Waals surface area contributed by atoms with Gasteiger partial charge in [0.2, 0.25) is 0 Å². The van der Waals surface area contributed by atoms with Gasteiger partial charge in [0.15, 0.2) is 4.80 Å². The Bertz CT molecular complexity index is 1740. The standard InChI is InChI=1S/C29H24ClN3O4S/c1-17-25(27(34)32-19-10-5-4-6-11-19)26(21-14-13-20(36-2)16-23(21)37-3)33-28(35)24(38-29(33)31-17)15-18-9-7-8-12-22(18)30/h4-16,26H,1-3H3,(H,32,34)/b24-15-/t26-/m1/s1. The summed E-state index contributed by atoms with van der Waals surface area (Å²) in [5, 5.41) is 3.48. The van der Waals surface area contributed by atoms with E-state index in [1.165, 1.54) is 11.3 Å². The van der Waals surface area contributed by atoms with Gasteiger partial charge >= 0.3 is 0 Å². The first-order valence-electron chi connectivity index (χ1n) is 11.8. The first-order chi connectivity index (χ1) is 18.4. The lowest BCUT2D eigenvalue weighted by molar-refractivity contribution is -0.113. The number of nitrogens with zero attached hydrogens (tertiary/aromatic N) is 2. The van der Waals surface area contributed by atoms with Crippen LogP contribution in [0.1, 0.15) is 24.1 Å².